The molecular formula is C23H13IrN2S2-. The summed E-state index contributed by atoms with van der Waals surface area (Å²) in [6, 6.07) is 29.1. The van der Waals surface area contributed by atoms with Crippen LogP contribution in [-0.2, 0) is 20.1 Å². The van der Waals surface area contributed by atoms with Crippen molar-refractivity contribution in [3.63, 3.8) is 0 Å². The summed E-state index contributed by atoms with van der Waals surface area (Å²) >= 11 is 3.63. The third-order valence-corrected chi connectivity index (χ3v) is 6.94. The summed E-state index contributed by atoms with van der Waals surface area (Å²) in [5, 5.41) is 0. The minimum Gasteiger partial charge on any atom is -0.348 e. The van der Waals surface area contributed by atoms with Crippen LogP contribution in [0.4, 0.5) is 17.1 Å². The Balaban J connectivity index is 0.00000171. The summed E-state index contributed by atoms with van der Waals surface area (Å²) in [7, 11) is 0. The second kappa shape index (κ2) is 7.09. The molecule has 5 heteroatoms. The molecule has 0 N–H and O–H groups in total. The molecule has 0 spiro atoms. The van der Waals surface area contributed by atoms with Crippen LogP contribution in [0.15, 0.2) is 98.6 Å². The first-order chi connectivity index (χ1) is 13.4. The van der Waals surface area contributed by atoms with E-state index in [1.165, 1.54) is 31.7 Å². The number of hydrogen-bond acceptors (Lipinski definition) is 4. The standard InChI is InChI=1S/C23H13N2S2.Ir/c1-3-10-19-17(8-1)25-18-9-2-4-11-20(18)27-22-14-15(13-21(26-19)23(22)25)16-7-5-6-12-24-16;/h1-13H;/q-1;. The van der Waals surface area contributed by atoms with Crippen molar-refractivity contribution in [3.05, 3.63) is 85.1 Å². The summed E-state index contributed by atoms with van der Waals surface area (Å²) < 4.78 is 0. The molecule has 2 aliphatic rings. The van der Waals surface area contributed by atoms with E-state index in [0.717, 1.165) is 16.2 Å². The van der Waals surface area contributed by atoms with Crippen molar-refractivity contribution in [2.75, 3.05) is 4.90 Å². The molecule has 1 radical (unpaired) electrons. The van der Waals surface area contributed by atoms with Crippen LogP contribution in [-0.4, -0.2) is 4.98 Å². The molecule has 2 aliphatic heterocycles. The molecule has 3 aromatic carbocycles. The van der Waals surface area contributed by atoms with Crippen molar-refractivity contribution in [3.8, 4) is 11.3 Å². The van der Waals surface area contributed by atoms with Gasteiger partial charge in [-0.05, 0) is 51.5 Å². The molecule has 137 valence electrons. The molecule has 0 bridgehead atoms. The van der Waals surface area contributed by atoms with E-state index in [-0.39, 0.29) is 20.1 Å². The van der Waals surface area contributed by atoms with Crippen molar-refractivity contribution in [2.24, 2.45) is 0 Å². The Hall–Kier alpha value is -2.04. The largest absolute Gasteiger partial charge is 0.348 e. The molecular weight excluding hydrogens is 561 g/mol. The van der Waals surface area contributed by atoms with Crippen LogP contribution in [0.2, 0.25) is 0 Å². The second-order valence-electron chi connectivity index (χ2n) is 6.41. The molecule has 1 aromatic heterocycles. The fourth-order valence-electron chi connectivity index (χ4n) is 3.61. The minimum absolute atomic E-state index is 0. The zero-order valence-electron chi connectivity index (χ0n) is 14.5. The number of aromatic nitrogens is 1. The van der Waals surface area contributed by atoms with Crippen molar-refractivity contribution in [1.82, 2.24) is 4.98 Å². The zero-order chi connectivity index (χ0) is 17.8. The van der Waals surface area contributed by atoms with Crippen LogP contribution >= 0.6 is 23.5 Å². The van der Waals surface area contributed by atoms with Gasteiger partial charge in [0.2, 0.25) is 0 Å². The third kappa shape index (κ3) is 2.73. The van der Waals surface area contributed by atoms with E-state index in [4.69, 9.17) is 0 Å². The first kappa shape index (κ1) is 18.0. The van der Waals surface area contributed by atoms with Crippen molar-refractivity contribution >= 4 is 40.6 Å². The topological polar surface area (TPSA) is 16.1 Å². The summed E-state index contributed by atoms with van der Waals surface area (Å²) in [6.45, 7) is 0. The Morgan fingerprint density at radius 2 is 1.43 bits per heavy atom. The van der Waals surface area contributed by atoms with Crippen LogP contribution < -0.4 is 4.90 Å². The molecule has 0 amide bonds. The van der Waals surface area contributed by atoms with Gasteiger partial charge in [0.1, 0.15) is 0 Å². The number of rotatable bonds is 1. The van der Waals surface area contributed by atoms with Crippen molar-refractivity contribution in [1.29, 1.82) is 0 Å². The van der Waals surface area contributed by atoms with Crippen LogP contribution in [0.5, 0.6) is 0 Å². The van der Waals surface area contributed by atoms with Gasteiger partial charge < -0.3 is 9.88 Å². The van der Waals surface area contributed by atoms with E-state index in [1.807, 2.05) is 36.2 Å². The van der Waals surface area contributed by atoms with Gasteiger partial charge in [-0.15, -0.1) is 41.2 Å². The number of nitrogens with zero attached hydrogens (tertiary/aromatic N) is 2. The molecule has 4 aromatic rings. The smallest absolute Gasteiger partial charge is 0.0513 e. The molecule has 0 saturated heterocycles. The second-order valence-corrected chi connectivity index (χ2v) is 8.55. The SMILES string of the molecule is [Ir].[c-]1c(-c2ccccn2)cc2c3c1Sc1ccccc1N3c1ccccc1S2. The fraction of sp³-hybridized carbons (Fsp3) is 0. The van der Waals surface area contributed by atoms with E-state index >= 15 is 0 Å². The molecule has 3 heterocycles. The maximum atomic E-state index is 4.54. The molecule has 0 saturated carbocycles. The maximum Gasteiger partial charge on any atom is 0.0513 e. The molecule has 0 atom stereocenters. The number of pyridine rings is 1. The summed E-state index contributed by atoms with van der Waals surface area (Å²) in [4.78, 5) is 11.9. The van der Waals surface area contributed by atoms with Gasteiger partial charge >= 0.3 is 0 Å². The van der Waals surface area contributed by atoms with E-state index < -0.39 is 0 Å². The number of benzene rings is 3. The predicted octanol–water partition coefficient (Wildman–Crippen LogP) is 6.95. The van der Waals surface area contributed by atoms with Crippen LogP contribution in [0.3, 0.4) is 0 Å². The van der Waals surface area contributed by atoms with E-state index in [0.29, 0.717) is 0 Å². The number of hydrogen-bond donors (Lipinski definition) is 0. The summed E-state index contributed by atoms with van der Waals surface area (Å²) in [5.41, 5.74) is 5.72. The summed E-state index contributed by atoms with van der Waals surface area (Å²) in [6.07, 6.45) is 1.84. The number of anilines is 3. The van der Waals surface area contributed by atoms with Crippen molar-refractivity contribution < 1.29 is 20.1 Å². The Morgan fingerprint density at radius 3 is 2.14 bits per heavy atom. The van der Waals surface area contributed by atoms with Gasteiger partial charge in [-0.1, -0.05) is 36.4 Å². The maximum absolute atomic E-state index is 4.54. The number of para-hydroxylation sites is 2. The monoisotopic (exact) mass is 574 g/mol. The normalized spacial score (nSPS) is 13.1. The first-order valence-electron chi connectivity index (χ1n) is 8.74. The Morgan fingerprint density at radius 1 is 0.750 bits per heavy atom. The summed E-state index contributed by atoms with van der Waals surface area (Å²) in [5.74, 6) is 0. The van der Waals surface area contributed by atoms with E-state index in [9.17, 15) is 0 Å². The average molecular weight is 574 g/mol. The van der Waals surface area contributed by atoms with E-state index in [1.54, 1.807) is 11.8 Å². The van der Waals surface area contributed by atoms with Gasteiger partial charge in [-0.2, -0.15) is 0 Å². The molecule has 6 rings (SSSR count). The Kier molecular flexibility index (Phi) is 4.56. The Bertz CT molecular complexity index is 1120. The molecule has 0 unspecified atom stereocenters. The molecule has 0 aliphatic carbocycles. The first-order valence-corrected chi connectivity index (χ1v) is 10.4. The fourth-order valence-corrected chi connectivity index (χ4v) is 5.88. The van der Waals surface area contributed by atoms with Crippen LogP contribution in [0, 0.1) is 6.07 Å². The van der Waals surface area contributed by atoms with Gasteiger partial charge in [-0.3, -0.25) is 0 Å². The van der Waals surface area contributed by atoms with Crippen molar-refractivity contribution in [2.45, 2.75) is 19.6 Å². The minimum atomic E-state index is 0. The molecule has 0 fully saturated rings. The van der Waals surface area contributed by atoms with Gasteiger partial charge in [-0.25, -0.2) is 0 Å². The molecule has 28 heavy (non-hydrogen) atoms. The zero-order valence-corrected chi connectivity index (χ0v) is 18.6. The van der Waals surface area contributed by atoms with E-state index in [2.05, 4.69) is 70.5 Å². The quantitative estimate of drug-likeness (QED) is 0.198. The van der Waals surface area contributed by atoms with Crippen LogP contribution in [0.25, 0.3) is 11.3 Å². The van der Waals surface area contributed by atoms with Gasteiger partial charge in [0.25, 0.3) is 0 Å². The Labute approximate surface area is 185 Å². The third-order valence-electron chi connectivity index (χ3n) is 4.78. The van der Waals surface area contributed by atoms with Crippen LogP contribution in [0.1, 0.15) is 0 Å². The average Bonchev–Trinajstić information content (AvgIpc) is 2.74. The molecule has 2 nitrogen and oxygen atoms in total. The predicted molar refractivity (Wildman–Crippen MR) is 111 cm³/mol. The van der Waals surface area contributed by atoms with Gasteiger partial charge in [0, 0.05) is 36.1 Å². The number of fused-ring (bicyclic) bond motifs is 4. The van der Waals surface area contributed by atoms with Gasteiger partial charge in [0.15, 0.2) is 0 Å². The van der Waals surface area contributed by atoms with Gasteiger partial charge in [0.05, 0.1) is 11.4 Å².